The summed E-state index contributed by atoms with van der Waals surface area (Å²) in [5, 5.41) is 3.67. The molecule has 23 heavy (non-hydrogen) atoms. The number of nitrogens with zero attached hydrogens (tertiary/aromatic N) is 1. The maximum absolute atomic E-state index is 12.1. The first-order valence-electron chi connectivity index (χ1n) is 7.35. The van der Waals surface area contributed by atoms with Crippen molar-refractivity contribution < 1.29 is 9.21 Å². The molecular weight excluding hydrogens is 337 g/mol. The molecule has 1 aromatic heterocycles. The second kappa shape index (κ2) is 7.81. The number of rotatable bonds is 6. The summed E-state index contributed by atoms with van der Waals surface area (Å²) in [4.78, 5) is 16.3. The lowest BCUT2D eigenvalue weighted by molar-refractivity contribution is 0.0946. The zero-order valence-corrected chi connectivity index (χ0v) is 14.5. The van der Waals surface area contributed by atoms with Gasteiger partial charge in [-0.25, -0.2) is 4.98 Å². The van der Waals surface area contributed by atoms with Gasteiger partial charge in [0.2, 0.25) is 5.89 Å². The Morgan fingerprint density at radius 1 is 1.39 bits per heavy atom. The van der Waals surface area contributed by atoms with Gasteiger partial charge in [0, 0.05) is 6.54 Å². The van der Waals surface area contributed by atoms with E-state index in [1.54, 1.807) is 18.2 Å². The molecule has 2 rings (SSSR count). The Morgan fingerprint density at radius 2 is 2.13 bits per heavy atom. The summed E-state index contributed by atoms with van der Waals surface area (Å²) in [5.74, 6) is 0.266. The van der Waals surface area contributed by atoms with Gasteiger partial charge in [-0.2, -0.15) is 0 Å². The van der Waals surface area contributed by atoms with Gasteiger partial charge in [-0.1, -0.05) is 49.5 Å². The van der Waals surface area contributed by atoms with Crippen molar-refractivity contribution in [3.05, 3.63) is 51.7 Å². The Labute approximate surface area is 145 Å². The normalized spacial score (nSPS) is 13.6. The monoisotopic (exact) mass is 355 g/mol. The van der Waals surface area contributed by atoms with Crippen LogP contribution in [0.4, 0.5) is 0 Å². The smallest absolute Gasteiger partial charge is 0.273 e. The molecule has 0 bridgehead atoms. The second-order valence-corrected chi connectivity index (χ2v) is 6.23. The predicted molar refractivity (Wildman–Crippen MR) is 90.5 cm³/mol. The van der Waals surface area contributed by atoms with Crippen LogP contribution in [0.25, 0.3) is 0 Å². The first-order valence-corrected chi connectivity index (χ1v) is 8.11. The maximum Gasteiger partial charge on any atom is 0.273 e. The van der Waals surface area contributed by atoms with Crippen LogP contribution in [0.15, 0.2) is 28.9 Å². The number of nitrogens with two attached hydrogens (primary N) is 1. The minimum absolute atomic E-state index is 0.207. The molecule has 2 atom stereocenters. The average molecular weight is 356 g/mol. The van der Waals surface area contributed by atoms with Gasteiger partial charge >= 0.3 is 0 Å². The van der Waals surface area contributed by atoms with E-state index in [9.17, 15) is 4.79 Å². The molecule has 5 nitrogen and oxygen atoms in total. The van der Waals surface area contributed by atoms with Crippen molar-refractivity contribution in [3.63, 3.8) is 0 Å². The van der Waals surface area contributed by atoms with Crippen molar-refractivity contribution in [2.75, 3.05) is 0 Å². The Hall–Kier alpha value is -1.56. The van der Waals surface area contributed by atoms with Crippen molar-refractivity contribution in [2.24, 2.45) is 11.7 Å². The number of carbonyl (C=O) groups is 1. The molecule has 1 heterocycles. The number of amides is 1. The van der Waals surface area contributed by atoms with E-state index >= 15 is 0 Å². The van der Waals surface area contributed by atoms with Crippen molar-refractivity contribution in [2.45, 2.75) is 32.9 Å². The average Bonchev–Trinajstić information content (AvgIpc) is 3.04. The molecule has 0 saturated carbocycles. The summed E-state index contributed by atoms with van der Waals surface area (Å²) < 4.78 is 5.32. The van der Waals surface area contributed by atoms with E-state index in [4.69, 9.17) is 33.4 Å². The molecule has 0 aliphatic rings. The fraction of sp³-hybridized carbons (Fsp3) is 0.375. The number of benzene rings is 1. The number of aromatic nitrogens is 1. The molecular formula is C16H19Cl2N3O2. The van der Waals surface area contributed by atoms with E-state index in [0.717, 1.165) is 12.0 Å². The number of oxazole rings is 1. The van der Waals surface area contributed by atoms with Gasteiger partial charge in [-0.05, 0) is 23.6 Å². The lowest BCUT2D eigenvalue weighted by Gasteiger charge is -2.13. The topological polar surface area (TPSA) is 81.1 Å². The van der Waals surface area contributed by atoms with Gasteiger partial charge in [0.15, 0.2) is 5.69 Å². The zero-order chi connectivity index (χ0) is 17.0. The van der Waals surface area contributed by atoms with Crippen molar-refractivity contribution in [3.8, 4) is 0 Å². The molecule has 3 N–H and O–H groups in total. The molecule has 0 aliphatic carbocycles. The molecule has 0 saturated heterocycles. The molecule has 0 radical (unpaired) electrons. The van der Waals surface area contributed by atoms with Crippen LogP contribution in [0.5, 0.6) is 0 Å². The fourth-order valence-corrected chi connectivity index (χ4v) is 2.29. The highest BCUT2D eigenvalue weighted by atomic mass is 35.5. The van der Waals surface area contributed by atoms with Crippen LogP contribution >= 0.6 is 23.2 Å². The second-order valence-electron chi connectivity index (χ2n) is 5.41. The lowest BCUT2D eigenvalue weighted by atomic mass is 10.0. The van der Waals surface area contributed by atoms with Crippen LogP contribution in [0.2, 0.25) is 10.0 Å². The highest BCUT2D eigenvalue weighted by molar-refractivity contribution is 6.42. The largest absolute Gasteiger partial charge is 0.446 e. The first-order chi connectivity index (χ1) is 10.9. The molecule has 1 unspecified atom stereocenters. The highest BCUT2D eigenvalue weighted by Gasteiger charge is 2.20. The third kappa shape index (κ3) is 4.47. The van der Waals surface area contributed by atoms with Crippen LogP contribution in [-0.2, 0) is 6.54 Å². The van der Waals surface area contributed by atoms with Gasteiger partial charge in [0.1, 0.15) is 6.26 Å². The molecule has 0 fully saturated rings. The lowest BCUT2D eigenvalue weighted by Crippen LogP contribution is -2.24. The molecule has 1 amide bonds. The zero-order valence-electron chi connectivity index (χ0n) is 13.0. The van der Waals surface area contributed by atoms with Crippen LogP contribution in [-0.4, -0.2) is 10.9 Å². The van der Waals surface area contributed by atoms with E-state index < -0.39 is 0 Å². The summed E-state index contributed by atoms with van der Waals surface area (Å²) in [6.45, 7) is 4.37. The fourth-order valence-electron chi connectivity index (χ4n) is 1.96. The minimum Gasteiger partial charge on any atom is -0.446 e. The summed E-state index contributed by atoms with van der Waals surface area (Å²) in [5.41, 5.74) is 7.09. The van der Waals surface area contributed by atoms with Crippen LogP contribution < -0.4 is 11.1 Å². The van der Waals surface area contributed by atoms with Crippen LogP contribution in [0, 0.1) is 5.92 Å². The number of halogens is 2. The van der Waals surface area contributed by atoms with Gasteiger partial charge in [0.25, 0.3) is 5.91 Å². The Bertz CT molecular complexity index is 688. The van der Waals surface area contributed by atoms with E-state index in [1.165, 1.54) is 6.26 Å². The van der Waals surface area contributed by atoms with Gasteiger partial charge in [-0.15, -0.1) is 0 Å². The number of carbonyl (C=O) groups excluding carboxylic acids is 1. The van der Waals surface area contributed by atoms with Crippen LogP contribution in [0.1, 0.15) is 48.3 Å². The molecule has 0 aliphatic heterocycles. The van der Waals surface area contributed by atoms with E-state index in [0.29, 0.717) is 22.5 Å². The third-order valence-corrected chi connectivity index (χ3v) is 4.47. The number of nitrogens with one attached hydrogen (secondary N) is 1. The van der Waals surface area contributed by atoms with Gasteiger partial charge < -0.3 is 15.5 Å². The maximum atomic E-state index is 12.1. The number of hydrogen-bond donors (Lipinski definition) is 2. The van der Waals surface area contributed by atoms with Crippen LogP contribution in [0.3, 0.4) is 0 Å². The van der Waals surface area contributed by atoms with Gasteiger partial charge in [0.05, 0.1) is 16.1 Å². The van der Waals surface area contributed by atoms with Crippen molar-refractivity contribution in [1.82, 2.24) is 10.3 Å². The van der Waals surface area contributed by atoms with E-state index in [-0.39, 0.29) is 23.6 Å². The minimum atomic E-state index is -0.331. The summed E-state index contributed by atoms with van der Waals surface area (Å²) >= 11 is 11.8. The van der Waals surface area contributed by atoms with E-state index in [1.807, 2.05) is 13.8 Å². The first kappa shape index (κ1) is 17.8. The summed E-state index contributed by atoms with van der Waals surface area (Å²) in [6, 6.07) is 4.86. The Balaban J connectivity index is 1.98. The highest BCUT2D eigenvalue weighted by Crippen LogP contribution is 2.23. The van der Waals surface area contributed by atoms with E-state index in [2.05, 4.69) is 10.3 Å². The number of hydrogen-bond acceptors (Lipinski definition) is 4. The predicted octanol–water partition coefficient (Wildman–Crippen LogP) is 3.96. The molecule has 1 aromatic carbocycles. The quantitative estimate of drug-likeness (QED) is 0.821. The SMILES string of the molecule is CCC(C)[C@@H](N)c1nc(C(=O)NCc2ccc(Cl)c(Cl)c2)co1. The summed E-state index contributed by atoms with van der Waals surface area (Å²) in [7, 11) is 0. The molecule has 0 spiro atoms. The molecule has 124 valence electrons. The molecule has 2 aromatic rings. The van der Waals surface area contributed by atoms with Gasteiger partial charge in [-0.3, -0.25) is 4.79 Å². The van der Waals surface area contributed by atoms with Crippen molar-refractivity contribution >= 4 is 29.1 Å². The van der Waals surface area contributed by atoms with Crippen molar-refractivity contribution in [1.29, 1.82) is 0 Å². The third-order valence-electron chi connectivity index (χ3n) is 3.73. The standard InChI is InChI=1S/C16H19Cl2N3O2/c1-3-9(2)14(19)16-21-13(8-23-16)15(22)20-7-10-4-5-11(17)12(18)6-10/h4-6,8-9,14H,3,7,19H2,1-2H3,(H,20,22)/t9?,14-/m1/s1. The summed E-state index contributed by atoms with van der Waals surface area (Å²) in [6.07, 6.45) is 2.23. The Morgan fingerprint density at radius 3 is 2.78 bits per heavy atom. The molecule has 7 heteroatoms. The Kier molecular flexibility index (Phi) is 6.04.